The fourth-order valence-corrected chi connectivity index (χ4v) is 2.81. The number of nitrogens with zero attached hydrogens (tertiary/aromatic N) is 1. The predicted molar refractivity (Wildman–Crippen MR) is 60.4 cm³/mol. The highest BCUT2D eigenvalue weighted by molar-refractivity contribution is 8.14. The van der Waals surface area contributed by atoms with Crippen LogP contribution >= 0.6 is 10.5 Å². The summed E-state index contributed by atoms with van der Waals surface area (Å²) < 4.78 is 0. The minimum Gasteiger partial charge on any atom is -0.301 e. The predicted octanol–water partition coefficient (Wildman–Crippen LogP) is 2.19. The number of rotatable bonds is 2. The highest BCUT2D eigenvalue weighted by Gasteiger charge is 2.20. The third kappa shape index (κ3) is 2.60. The van der Waals surface area contributed by atoms with Crippen molar-refractivity contribution in [1.82, 2.24) is 4.90 Å². The molecule has 72 valence electrons. The van der Waals surface area contributed by atoms with Crippen LogP contribution in [0.3, 0.4) is 0 Å². The first-order valence-electron chi connectivity index (χ1n) is 4.79. The van der Waals surface area contributed by atoms with E-state index in [2.05, 4.69) is 30.9 Å². The van der Waals surface area contributed by atoms with Gasteiger partial charge >= 0.3 is 0 Å². The molecule has 1 nitrogen and oxygen atoms in total. The van der Waals surface area contributed by atoms with E-state index in [1.807, 2.05) is 0 Å². The zero-order chi connectivity index (χ0) is 9.14. The molecule has 0 aromatic carbocycles. The van der Waals surface area contributed by atoms with E-state index in [0.29, 0.717) is 10.5 Å². The van der Waals surface area contributed by atoms with Crippen LogP contribution in [0.5, 0.6) is 0 Å². The summed E-state index contributed by atoms with van der Waals surface area (Å²) in [4.78, 5) is 2.57. The molecule has 1 aliphatic heterocycles. The molecule has 0 N–H and O–H groups in total. The fraction of sp³-hybridized carbons (Fsp3) is 0.900. The molecule has 1 saturated heterocycles. The van der Waals surface area contributed by atoms with Crippen LogP contribution in [0.1, 0.15) is 26.7 Å². The van der Waals surface area contributed by atoms with Crippen LogP contribution in [-0.2, 0) is 0 Å². The van der Waals surface area contributed by atoms with E-state index in [4.69, 9.17) is 0 Å². The van der Waals surface area contributed by atoms with Crippen molar-refractivity contribution in [2.45, 2.75) is 38.0 Å². The van der Waals surface area contributed by atoms with Crippen LogP contribution in [-0.4, -0.2) is 41.4 Å². The molecule has 1 unspecified atom stereocenters. The summed E-state index contributed by atoms with van der Waals surface area (Å²) in [6.45, 7) is 7.15. The summed E-state index contributed by atoms with van der Waals surface area (Å²) in [6, 6.07) is 0.731. The quantitative estimate of drug-likeness (QED) is 0.599. The minimum atomic E-state index is 0.393. The Balaban J connectivity index is 2.34. The molecular formula is C10H21NS. The van der Waals surface area contributed by atoms with E-state index in [0.717, 1.165) is 11.3 Å². The van der Waals surface area contributed by atoms with Gasteiger partial charge in [0.05, 0.1) is 0 Å². The van der Waals surface area contributed by atoms with Gasteiger partial charge in [-0.15, -0.1) is 0 Å². The molecule has 0 saturated carbocycles. The van der Waals surface area contributed by atoms with Gasteiger partial charge in [-0.3, -0.25) is 0 Å². The second kappa shape index (κ2) is 4.43. The van der Waals surface area contributed by atoms with Gasteiger partial charge in [-0.25, -0.2) is 0 Å². The molecule has 2 heteroatoms. The van der Waals surface area contributed by atoms with Gasteiger partial charge in [0.15, 0.2) is 0 Å². The summed E-state index contributed by atoms with van der Waals surface area (Å²) in [5.74, 6) is 4.14. The van der Waals surface area contributed by atoms with Crippen molar-refractivity contribution in [3.63, 3.8) is 0 Å². The first-order chi connectivity index (χ1) is 5.61. The van der Waals surface area contributed by atoms with Gasteiger partial charge in [-0.2, -0.15) is 10.5 Å². The van der Waals surface area contributed by atoms with Crippen LogP contribution in [0.15, 0.2) is 0 Å². The second-order valence-corrected chi connectivity index (χ2v) is 6.07. The Hall–Kier alpha value is 0.180. The highest BCUT2D eigenvalue weighted by atomic mass is 32.2. The monoisotopic (exact) mass is 187 g/mol. The summed E-state index contributed by atoms with van der Waals surface area (Å²) in [5, 5.41) is 0.903. The normalized spacial score (nSPS) is 24.7. The standard InChI is InChI=1S/C10H21NS/c1-9(2)11-7-5-10(6-8-11)12(3)4/h9-10H,3,5-8H2,1-2,4H3. The summed E-state index contributed by atoms with van der Waals surface area (Å²) in [5.41, 5.74) is 0. The lowest BCUT2D eigenvalue weighted by Gasteiger charge is -2.35. The largest absolute Gasteiger partial charge is 0.301 e. The molecule has 0 aliphatic carbocycles. The first-order valence-corrected chi connectivity index (χ1v) is 6.66. The average molecular weight is 187 g/mol. The Morgan fingerprint density at radius 1 is 1.33 bits per heavy atom. The molecule has 0 bridgehead atoms. The molecule has 0 aromatic rings. The van der Waals surface area contributed by atoms with Crippen molar-refractivity contribution >= 4 is 16.4 Å². The topological polar surface area (TPSA) is 3.24 Å². The molecule has 0 spiro atoms. The van der Waals surface area contributed by atoms with E-state index in [1.165, 1.54) is 25.9 Å². The zero-order valence-electron chi connectivity index (χ0n) is 8.55. The summed E-state index contributed by atoms with van der Waals surface area (Å²) in [7, 11) is 0.393. The zero-order valence-corrected chi connectivity index (χ0v) is 9.36. The summed E-state index contributed by atoms with van der Waals surface area (Å²) >= 11 is 0. The fourth-order valence-electron chi connectivity index (χ4n) is 1.79. The van der Waals surface area contributed by atoms with Gasteiger partial charge in [-0.05, 0) is 46.0 Å². The number of hydrogen-bond donors (Lipinski definition) is 0. The van der Waals surface area contributed by atoms with Crippen molar-refractivity contribution < 1.29 is 0 Å². The highest BCUT2D eigenvalue weighted by Crippen LogP contribution is 2.25. The minimum absolute atomic E-state index is 0.393. The second-order valence-electron chi connectivity index (χ2n) is 4.02. The molecular weight excluding hydrogens is 166 g/mol. The lowest BCUT2D eigenvalue weighted by molar-refractivity contribution is 0.188. The van der Waals surface area contributed by atoms with Crippen LogP contribution in [0.4, 0.5) is 0 Å². The van der Waals surface area contributed by atoms with Crippen molar-refractivity contribution in [2.75, 3.05) is 19.3 Å². The molecule has 0 amide bonds. The van der Waals surface area contributed by atoms with Gasteiger partial charge in [0.2, 0.25) is 0 Å². The summed E-state index contributed by atoms with van der Waals surface area (Å²) in [6.07, 6.45) is 5.00. The van der Waals surface area contributed by atoms with Gasteiger partial charge in [0.25, 0.3) is 0 Å². The van der Waals surface area contributed by atoms with E-state index >= 15 is 0 Å². The Labute approximate surface area is 79.1 Å². The number of piperidine rings is 1. The van der Waals surface area contributed by atoms with E-state index in [1.54, 1.807) is 0 Å². The Kier molecular flexibility index (Phi) is 3.78. The molecule has 12 heavy (non-hydrogen) atoms. The molecule has 1 atom stereocenters. The molecule has 1 fully saturated rings. The SMILES string of the molecule is C=S(C)C1CCN(C(C)C)CC1. The third-order valence-corrected chi connectivity index (χ3v) is 4.39. The van der Waals surface area contributed by atoms with Crippen LogP contribution < -0.4 is 0 Å². The Morgan fingerprint density at radius 2 is 1.83 bits per heavy atom. The van der Waals surface area contributed by atoms with E-state index in [-0.39, 0.29) is 0 Å². The van der Waals surface area contributed by atoms with E-state index in [9.17, 15) is 0 Å². The van der Waals surface area contributed by atoms with Crippen molar-refractivity contribution in [1.29, 1.82) is 0 Å². The van der Waals surface area contributed by atoms with E-state index < -0.39 is 0 Å². The number of hydrogen-bond acceptors (Lipinski definition) is 1. The van der Waals surface area contributed by atoms with Gasteiger partial charge in [0.1, 0.15) is 0 Å². The molecule has 0 radical (unpaired) electrons. The third-order valence-electron chi connectivity index (χ3n) is 2.78. The van der Waals surface area contributed by atoms with Gasteiger partial charge < -0.3 is 4.90 Å². The maximum Gasteiger partial charge on any atom is 0.00386 e. The maximum absolute atomic E-state index is 4.14. The maximum atomic E-state index is 4.14. The number of likely N-dealkylation sites (tertiary alicyclic amines) is 1. The van der Waals surface area contributed by atoms with Crippen LogP contribution in [0, 0.1) is 0 Å². The molecule has 1 heterocycles. The lowest BCUT2D eigenvalue weighted by atomic mass is 10.1. The van der Waals surface area contributed by atoms with Crippen LogP contribution in [0.2, 0.25) is 0 Å². The molecule has 1 rings (SSSR count). The Bertz CT molecular complexity index is 157. The lowest BCUT2D eigenvalue weighted by Crippen LogP contribution is -2.39. The molecule has 0 aromatic heterocycles. The van der Waals surface area contributed by atoms with Crippen molar-refractivity contribution in [3.8, 4) is 0 Å². The smallest absolute Gasteiger partial charge is 0.00386 e. The van der Waals surface area contributed by atoms with Gasteiger partial charge in [-0.1, -0.05) is 5.87 Å². The first kappa shape index (κ1) is 10.3. The average Bonchev–Trinajstić information content (AvgIpc) is 2.04. The van der Waals surface area contributed by atoms with Crippen molar-refractivity contribution in [2.24, 2.45) is 0 Å². The molecule has 1 aliphatic rings. The van der Waals surface area contributed by atoms with Crippen molar-refractivity contribution in [3.05, 3.63) is 0 Å². The Morgan fingerprint density at radius 3 is 2.17 bits per heavy atom. The van der Waals surface area contributed by atoms with Crippen LogP contribution in [0.25, 0.3) is 0 Å². The van der Waals surface area contributed by atoms with Gasteiger partial charge in [0, 0.05) is 11.3 Å².